The maximum Gasteiger partial charge on any atom is 0.319 e. The van der Waals surface area contributed by atoms with E-state index in [1.165, 1.54) is 6.42 Å². The number of allylic oxidation sites excluding steroid dienone is 2. The Kier molecular flexibility index (Phi) is 8.32. The highest BCUT2D eigenvalue weighted by molar-refractivity contribution is 6.32. The van der Waals surface area contributed by atoms with Gasteiger partial charge in [-0.2, -0.15) is 9.97 Å². The molecule has 0 radical (unpaired) electrons. The van der Waals surface area contributed by atoms with Gasteiger partial charge in [-0.3, -0.25) is 0 Å². The molecule has 0 saturated carbocycles. The Hall–Kier alpha value is -3.00. The summed E-state index contributed by atoms with van der Waals surface area (Å²) in [6, 6.07) is 11.1. The van der Waals surface area contributed by atoms with Gasteiger partial charge in [-0.1, -0.05) is 60.7 Å². The first-order valence-electron chi connectivity index (χ1n) is 14.5. The van der Waals surface area contributed by atoms with Crippen molar-refractivity contribution in [3.8, 4) is 6.01 Å². The number of halogens is 2. The van der Waals surface area contributed by atoms with E-state index in [1.54, 1.807) is 6.08 Å². The Balaban J connectivity index is 1.30. The number of ether oxygens (including phenoxy) is 1. The third kappa shape index (κ3) is 5.87. The van der Waals surface area contributed by atoms with Crippen molar-refractivity contribution in [2.24, 2.45) is 0 Å². The number of nitrogens with zero attached hydrogens (tertiary/aromatic N) is 4. The number of hydrogen-bond donors (Lipinski definition) is 1. The molecule has 3 aliphatic heterocycles. The summed E-state index contributed by atoms with van der Waals surface area (Å²) in [5.41, 5.74) is 2.98. The first-order chi connectivity index (χ1) is 19.6. The third-order valence-corrected chi connectivity index (χ3v) is 8.70. The van der Waals surface area contributed by atoms with Crippen LogP contribution in [-0.4, -0.2) is 66.3 Å². The fourth-order valence-corrected chi connectivity index (χ4v) is 6.40. The molecule has 0 spiro atoms. The van der Waals surface area contributed by atoms with E-state index in [9.17, 15) is 0 Å². The number of aryl methyl sites for hydroxylation is 1. The second-order valence-corrected chi connectivity index (χ2v) is 11.5. The van der Waals surface area contributed by atoms with Gasteiger partial charge in [-0.25, -0.2) is 4.39 Å². The first-order valence-corrected chi connectivity index (χ1v) is 14.9. The van der Waals surface area contributed by atoms with Gasteiger partial charge in [-0.15, -0.1) is 0 Å². The molecule has 3 saturated heterocycles. The molecule has 6 rings (SSSR count). The zero-order valence-corrected chi connectivity index (χ0v) is 23.7. The molecule has 3 fully saturated rings. The number of nitrogens with one attached hydrogen (secondary N) is 1. The standard InChI is InChI=1S/C32H37ClFN5O/c1-2-3-8-22-9-4-5-10-23(22)11-14-26-28(33)19-27-30(29(26)34)36-32(40-18-7-17-38-15-6-16-38)37-31(27)39-20-24-12-13-25(21-39)35-24/h2-5,8-10,19,24-25,35H,1,6-7,11-18,20-21H2/b8-3-. The van der Waals surface area contributed by atoms with E-state index in [0.717, 1.165) is 63.1 Å². The van der Waals surface area contributed by atoms with Crippen molar-refractivity contribution in [3.63, 3.8) is 0 Å². The smallest absolute Gasteiger partial charge is 0.319 e. The van der Waals surface area contributed by atoms with Gasteiger partial charge >= 0.3 is 6.01 Å². The minimum absolute atomic E-state index is 0.240. The molecule has 3 aromatic rings. The fourth-order valence-electron chi connectivity index (χ4n) is 6.12. The Morgan fingerprint density at radius 3 is 2.67 bits per heavy atom. The third-order valence-electron chi connectivity index (χ3n) is 8.36. The molecule has 8 heteroatoms. The minimum atomic E-state index is -0.381. The molecule has 1 N–H and O–H groups in total. The van der Waals surface area contributed by atoms with Gasteiger partial charge in [0.2, 0.25) is 0 Å². The number of anilines is 1. The number of benzene rings is 2. The lowest BCUT2D eigenvalue weighted by molar-refractivity contribution is 0.163. The summed E-state index contributed by atoms with van der Waals surface area (Å²) in [5.74, 6) is 0.335. The molecule has 1 aromatic heterocycles. The van der Waals surface area contributed by atoms with Crippen LogP contribution >= 0.6 is 11.6 Å². The fraction of sp³-hybridized carbons (Fsp3) is 0.438. The number of rotatable bonds is 11. The molecule has 0 aliphatic carbocycles. The summed E-state index contributed by atoms with van der Waals surface area (Å²) in [4.78, 5) is 14.1. The van der Waals surface area contributed by atoms with E-state index >= 15 is 4.39 Å². The van der Waals surface area contributed by atoms with Gasteiger partial charge in [-0.05, 0) is 68.8 Å². The van der Waals surface area contributed by atoms with Crippen molar-refractivity contribution in [1.29, 1.82) is 0 Å². The van der Waals surface area contributed by atoms with E-state index in [1.807, 2.05) is 30.4 Å². The van der Waals surface area contributed by atoms with Crippen LogP contribution in [0.3, 0.4) is 0 Å². The maximum atomic E-state index is 16.3. The van der Waals surface area contributed by atoms with Crippen LogP contribution in [0.15, 0.2) is 49.1 Å². The zero-order valence-electron chi connectivity index (χ0n) is 22.9. The summed E-state index contributed by atoms with van der Waals surface area (Å²) in [5, 5.41) is 4.73. The zero-order chi connectivity index (χ0) is 27.5. The monoisotopic (exact) mass is 561 g/mol. The maximum absolute atomic E-state index is 16.3. The van der Waals surface area contributed by atoms with Crippen LogP contribution in [0.25, 0.3) is 17.0 Å². The van der Waals surface area contributed by atoms with E-state index in [-0.39, 0.29) is 17.3 Å². The van der Waals surface area contributed by atoms with Crippen LogP contribution in [0.5, 0.6) is 6.01 Å². The summed E-state index contributed by atoms with van der Waals surface area (Å²) >= 11 is 6.78. The largest absolute Gasteiger partial charge is 0.463 e. The molecule has 3 aliphatic rings. The molecule has 40 heavy (non-hydrogen) atoms. The number of fused-ring (bicyclic) bond motifs is 3. The molecular weight excluding hydrogens is 525 g/mol. The van der Waals surface area contributed by atoms with Gasteiger partial charge in [0.05, 0.1) is 6.61 Å². The molecule has 2 bridgehead atoms. The van der Waals surface area contributed by atoms with Crippen LogP contribution in [0, 0.1) is 5.82 Å². The van der Waals surface area contributed by atoms with Gasteiger partial charge in [0, 0.05) is 47.7 Å². The van der Waals surface area contributed by atoms with Gasteiger partial charge in [0.15, 0.2) is 5.82 Å². The molecule has 2 unspecified atom stereocenters. The minimum Gasteiger partial charge on any atom is -0.463 e. The quantitative estimate of drug-likeness (QED) is 0.235. The topological polar surface area (TPSA) is 53.5 Å². The van der Waals surface area contributed by atoms with Crippen molar-refractivity contribution in [2.75, 3.05) is 44.2 Å². The lowest BCUT2D eigenvalue weighted by Gasteiger charge is -2.34. The van der Waals surface area contributed by atoms with Crippen LogP contribution in [0.2, 0.25) is 5.02 Å². The highest BCUT2D eigenvalue weighted by Crippen LogP contribution is 2.36. The molecule has 2 atom stereocenters. The summed E-state index contributed by atoms with van der Waals surface area (Å²) in [7, 11) is 0. The van der Waals surface area contributed by atoms with Crippen molar-refractivity contribution in [3.05, 3.63) is 76.6 Å². The highest BCUT2D eigenvalue weighted by Gasteiger charge is 2.34. The van der Waals surface area contributed by atoms with Gasteiger partial charge in [0.25, 0.3) is 0 Å². The van der Waals surface area contributed by atoms with Crippen molar-refractivity contribution in [2.45, 2.75) is 50.6 Å². The number of likely N-dealkylation sites (tertiary alicyclic amines) is 1. The molecule has 0 amide bonds. The van der Waals surface area contributed by atoms with Crippen molar-refractivity contribution >= 4 is 34.4 Å². The predicted octanol–water partition coefficient (Wildman–Crippen LogP) is 5.82. The molecular formula is C32H37ClFN5O. The molecule has 210 valence electrons. The number of aromatic nitrogens is 2. The van der Waals surface area contributed by atoms with Crippen LogP contribution < -0.4 is 15.0 Å². The summed E-state index contributed by atoms with van der Waals surface area (Å²) in [6.07, 6.45) is 11.2. The Labute approximate surface area is 240 Å². The molecule has 2 aromatic carbocycles. The average Bonchev–Trinajstić information content (AvgIpc) is 3.28. The summed E-state index contributed by atoms with van der Waals surface area (Å²) in [6.45, 7) is 9.24. The highest BCUT2D eigenvalue weighted by atomic mass is 35.5. The van der Waals surface area contributed by atoms with Crippen LogP contribution in [-0.2, 0) is 12.8 Å². The van der Waals surface area contributed by atoms with E-state index < -0.39 is 0 Å². The van der Waals surface area contributed by atoms with Gasteiger partial charge in [0.1, 0.15) is 11.3 Å². The number of piperazine rings is 1. The lowest BCUT2D eigenvalue weighted by Crippen LogP contribution is -2.51. The second-order valence-electron chi connectivity index (χ2n) is 11.1. The normalized spacial score (nSPS) is 20.8. The molecule has 6 nitrogen and oxygen atoms in total. The van der Waals surface area contributed by atoms with Crippen LogP contribution in [0.4, 0.5) is 10.2 Å². The van der Waals surface area contributed by atoms with E-state index in [0.29, 0.717) is 53.3 Å². The first kappa shape index (κ1) is 27.2. The number of hydrogen-bond acceptors (Lipinski definition) is 6. The SMILES string of the molecule is C=C/C=C\c1ccccc1CCc1c(Cl)cc2c(N3CC4CCC(C3)N4)nc(OCCCN3CCC3)nc2c1F. The predicted molar refractivity (Wildman–Crippen MR) is 161 cm³/mol. The van der Waals surface area contributed by atoms with Crippen molar-refractivity contribution < 1.29 is 9.13 Å². The van der Waals surface area contributed by atoms with E-state index in [2.05, 4.69) is 38.8 Å². The van der Waals surface area contributed by atoms with Crippen LogP contribution in [0.1, 0.15) is 42.4 Å². The second kappa shape index (κ2) is 12.2. The Bertz CT molecular complexity index is 1400. The summed E-state index contributed by atoms with van der Waals surface area (Å²) < 4.78 is 22.3. The van der Waals surface area contributed by atoms with Crippen molar-refractivity contribution in [1.82, 2.24) is 20.2 Å². The van der Waals surface area contributed by atoms with Gasteiger partial charge < -0.3 is 19.9 Å². The lowest BCUT2D eigenvalue weighted by atomic mass is 9.98. The van der Waals surface area contributed by atoms with E-state index in [4.69, 9.17) is 21.3 Å². The molecule has 4 heterocycles. The average molecular weight is 562 g/mol. The Morgan fingerprint density at radius 1 is 1.12 bits per heavy atom. The Morgan fingerprint density at radius 2 is 1.93 bits per heavy atom.